The van der Waals surface area contributed by atoms with Crippen molar-refractivity contribution in [1.82, 2.24) is 14.7 Å². The van der Waals surface area contributed by atoms with Crippen molar-refractivity contribution >= 4 is 11.6 Å². The van der Waals surface area contributed by atoms with Crippen LogP contribution in [0.15, 0.2) is 0 Å². The molecule has 1 aromatic rings. The summed E-state index contributed by atoms with van der Waals surface area (Å²) >= 11 is 0. The van der Waals surface area contributed by atoms with Gasteiger partial charge in [-0.2, -0.15) is 5.10 Å². The molecule has 0 aromatic carbocycles. The maximum atomic E-state index is 12.8. The molecule has 5 nitrogen and oxygen atoms in total. The molecule has 112 valence electrons. The highest BCUT2D eigenvalue weighted by Crippen LogP contribution is 2.37. The van der Waals surface area contributed by atoms with Gasteiger partial charge >= 0.3 is 0 Å². The second-order valence-corrected chi connectivity index (χ2v) is 5.85. The van der Waals surface area contributed by atoms with E-state index in [1.807, 2.05) is 18.7 Å². The van der Waals surface area contributed by atoms with Crippen LogP contribution in [-0.2, 0) is 6.54 Å². The fraction of sp³-hybridized carbons (Fsp3) is 0.733. The molecule has 0 saturated carbocycles. The Kier molecular flexibility index (Phi) is 4.06. The summed E-state index contributed by atoms with van der Waals surface area (Å²) in [5, 5.41) is 4.34. The lowest BCUT2D eigenvalue weighted by Crippen LogP contribution is -2.33. The summed E-state index contributed by atoms with van der Waals surface area (Å²) in [7, 11) is 0. The lowest BCUT2D eigenvalue weighted by atomic mass is 9.82. The predicted octanol–water partition coefficient (Wildman–Crippen LogP) is 2.45. The van der Waals surface area contributed by atoms with Crippen LogP contribution in [0.1, 0.15) is 56.2 Å². The summed E-state index contributed by atoms with van der Waals surface area (Å²) in [5.74, 6) is 0.0359. The van der Waals surface area contributed by atoms with Crippen LogP contribution in [0.3, 0.4) is 0 Å². The number of anilines is 1. The molecule has 1 fully saturated rings. The molecule has 0 atom stereocenters. The lowest BCUT2D eigenvalue weighted by Gasteiger charge is -2.26. The minimum Gasteiger partial charge on any atom is -0.395 e. The third-order valence-corrected chi connectivity index (χ3v) is 4.90. The minimum absolute atomic E-state index is 0.0359. The maximum Gasteiger partial charge on any atom is 0.274 e. The molecule has 1 aliphatic rings. The van der Waals surface area contributed by atoms with Gasteiger partial charge in [0.05, 0.1) is 11.4 Å². The first-order valence-corrected chi connectivity index (χ1v) is 7.60. The van der Waals surface area contributed by atoms with Gasteiger partial charge in [-0.05, 0) is 38.5 Å². The van der Waals surface area contributed by atoms with Crippen LogP contribution < -0.4 is 5.73 Å². The van der Waals surface area contributed by atoms with Gasteiger partial charge in [0.25, 0.3) is 5.91 Å². The number of nitrogens with zero attached hydrogens (tertiary/aromatic N) is 3. The first-order chi connectivity index (χ1) is 9.48. The molecule has 20 heavy (non-hydrogen) atoms. The van der Waals surface area contributed by atoms with E-state index in [0.29, 0.717) is 17.9 Å². The summed E-state index contributed by atoms with van der Waals surface area (Å²) in [6.45, 7) is 10.6. The number of hydrogen-bond acceptors (Lipinski definition) is 3. The third-order valence-electron chi connectivity index (χ3n) is 4.90. The molecule has 0 bridgehead atoms. The first kappa shape index (κ1) is 14.9. The van der Waals surface area contributed by atoms with E-state index in [1.54, 1.807) is 4.68 Å². The van der Waals surface area contributed by atoms with Gasteiger partial charge in [-0.25, -0.2) is 0 Å². The Morgan fingerprint density at radius 1 is 1.35 bits per heavy atom. The Balaban J connectivity index is 2.25. The van der Waals surface area contributed by atoms with Gasteiger partial charge in [0.2, 0.25) is 0 Å². The highest BCUT2D eigenvalue weighted by Gasteiger charge is 2.38. The van der Waals surface area contributed by atoms with Crippen molar-refractivity contribution in [3.63, 3.8) is 0 Å². The van der Waals surface area contributed by atoms with Gasteiger partial charge in [0, 0.05) is 19.6 Å². The van der Waals surface area contributed by atoms with E-state index in [4.69, 9.17) is 5.73 Å². The third kappa shape index (κ3) is 2.30. The van der Waals surface area contributed by atoms with E-state index < -0.39 is 0 Å². The van der Waals surface area contributed by atoms with Crippen LogP contribution in [0.4, 0.5) is 5.69 Å². The van der Waals surface area contributed by atoms with Crippen LogP contribution in [0.2, 0.25) is 0 Å². The van der Waals surface area contributed by atoms with E-state index in [0.717, 1.165) is 38.0 Å². The summed E-state index contributed by atoms with van der Waals surface area (Å²) in [6, 6.07) is 0. The highest BCUT2D eigenvalue weighted by molar-refractivity contribution is 5.98. The van der Waals surface area contributed by atoms with Crippen molar-refractivity contribution in [1.29, 1.82) is 0 Å². The number of aromatic nitrogens is 2. The lowest BCUT2D eigenvalue weighted by molar-refractivity contribution is 0.0758. The average Bonchev–Trinajstić information content (AvgIpc) is 3.01. The van der Waals surface area contributed by atoms with Crippen LogP contribution in [-0.4, -0.2) is 33.7 Å². The maximum absolute atomic E-state index is 12.8. The Bertz CT molecular complexity index is 502. The van der Waals surface area contributed by atoms with Gasteiger partial charge in [-0.3, -0.25) is 9.48 Å². The van der Waals surface area contributed by atoms with Crippen LogP contribution in [0.25, 0.3) is 0 Å². The van der Waals surface area contributed by atoms with Crippen molar-refractivity contribution in [3.8, 4) is 0 Å². The number of rotatable bonds is 4. The molecule has 0 unspecified atom stereocenters. The topological polar surface area (TPSA) is 64.2 Å². The number of carbonyl (C=O) groups excluding carboxylic acids is 1. The number of hydrogen-bond donors (Lipinski definition) is 1. The van der Waals surface area contributed by atoms with Crippen molar-refractivity contribution in [2.24, 2.45) is 5.41 Å². The first-order valence-electron chi connectivity index (χ1n) is 7.60. The number of nitrogen functional groups attached to an aromatic ring is 1. The highest BCUT2D eigenvalue weighted by atomic mass is 16.2. The number of nitrogens with two attached hydrogens (primary N) is 1. The standard InChI is InChI=1S/C15H26N4O/c1-5-15(6-2)8-9-18(10-15)14(20)13-12(16)11(4)17-19(13)7-3/h5-10,16H2,1-4H3. The zero-order chi connectivity index (χ0) is 14.9. The van der Waals surface area contributed by atoms with Gasteiger partial charge in [0.15, 0.2) is 0 Å². The normalized spacial score (nSPS) is 17.7. The van der Waals surface area contributed by atoms with E-state index in [1.165, 1.54) is 0 Å². The molecule has 0 radical (unpaired) electrons. The van der Waals surface area contributed by atoms with Crippen molar-refractivity contribution < 1.29 is 4.79 Å². The van der Waals surface area contributed by atoms with Gasteiger partial charge in [0.1, 0.15) is 5.69 Å². The van der Waals surface area contributed by atoms with Crippen LogP contribution in [0, 0.1) is 12.3 Å². The monoisotopic (exact) mass is 278 g/mol. The second-order valence-electron chi connectivity index (χ2n) is 5.85. The number of carbonyl (C=O) groups is 1. The summed E-state index contributed by atoms with van der Waals surface area (Å²) in [6.07, 6.45) is 3.33. The van der Waals surface area contributed by atoms with Gasteiger partial charge < -0.3 is 10.6 Å². The van der Waals surface area contributed by atoms with Crippen molar-refractivity contribution in [2.45, 2.75) is 53.5 Å². The molecule has 5 heteroatoms. The molecule has 1 aliphatic heterocycles. The summed E-state index contributed by atoms with van der Waals surface area (Å²) < 4.78 is 1.73. The summed E-state index contributed by atoms with van der Waals surface area (Å²) in [5.41, 5.74) is 8.17. The molecule has 2 N–H and O–H groups in total. The van der Waals surface area contributed by atoms with E-state index >= 15 is 0 Å². The van der Waals surface area contributed by atoms with Crippen molar-refractivity contribution in [3.05, 3.63) is 11.4 Å². The van der Waals surface area contributed by atoms with E-state index in [-0.39, 0.29) is 11.3 Å². The number of amides is 1. The molecular formula is C15H26N4O. The Labute approximate surface area is 121 Å². The largest absolute Gasteiger partial charge is 0.395 e. The average molecular weight is 278 g/mol. The summed E-state index contributed by atoms with van der Waals surface area (Å²) in [4.78, 5) is 14.7. The second kappa shape index (κ2) is 5.46. The number of aryl methyl sites for hydroxylation is 2. The van der Waals surface area contributed by atoms with E-state index in [2.05, 4.69) is 18.9 Å². The van der Waals surface area contributed by atoms with Crippen LogP contribution >= 0.6 is 0 Å². The Morgan fingerprint density at radius 3 is 2.50 bits per heavy atom. The molecule has 0 spiro atoms. The van der Waals surface area contributed by atoms with Crippen molar-refractivity contribution in [2.75, 3.05) is 18.8 Å². The molecule has 0 aliphatic carbocycles. The quantitative estimate of drug-likeness (QED) is 0.920. The van der Waals surface area contributed by atoms with Gasteiger partial charge in [-0.1, -0.05) is 13.8 Å². The SMILES string of the molecule is CCn1nc(C)c(N)c1C(=O)N1CCC(CC)(CC)C1. The molecule has 2 rings (SSSR count). The zero-order valence-corrected chi connectivity index (χ0v) is 13.1. The smallest absolute Gasteiger partial charge is 0.274 e. The molecule has 1 aromatic heterocycles. The van der Waals surface area contributed by atoms with Crippen LogP contribution in [0.5, 0.6) is 0 Å². The Hall–Kier alpha value is -1.52. The molecular weight excluding hydrogens is 252 g/mol. The fourth-order valence-electron chi connectivity index (χ4n) is 3.14. The van der Waals surface area contributed by atoms with Gasteiger partial charge in [-0.15, -0.1) is 0 Å². The number of likely N-dealkylation sites (tertiary alicyclic amines) is 1. The molecule has 1 amide bonds. The van der Waals surface area contributed by atoms with E-state index in [9.17, 15) is 4.79 Å². The fourth-order valence-corrected chi connectivity index (χ4v) is 3.14. The molecule has 1 saturated heterocycles. The molecule has 2 heterocycles. The Morgan fingerprint density at radius 2 is 2.00 bits per heavy atom. The minimum atomic E-state index is 0.0359. The predicted molar refractivity (Wildman–Crippen MR) is 80.6 cm³/mol. The zero-order valence-electron chi connectivity index (χ0n) is 13.1.